The van der Waals surface area contributed by atoms with Crippen LogP contribution in [0.15, 0.2) is 24.3 Å². The van der Waals surface area contributed by atoms with Gasteiger partial charge in [0.1, 0.15) is 5.75 Å². The van der Waals surface area contributed by atoms with Gasteiger partial charge in [0.2, 0.25) is 0 Å². The molecule has 1 aromatic carbocycles. The van der Waals surface area contributed by atoms with Gasteiger partial charge in [-0.15, -0.1) is 0 Å². The summed E-state index contributed by atoms with van der Waals surface area (Å²) in [7, 11) is 1.75. The maximum absolute atomic E-state index is 6.04. The van der Waals surface area contributed by atoms with Gasteiger partial charge in [-0.1, -0.05) is 18.2 Å². The molecule has 0 unspecified atom stereocenters. The van der Waals surface area contributed by atoms with Crippen LogP contribution < -0.4 is 10.5 Å². The molecule has 0 aromatic heterocycles. The minimum Gasteiger partial charge on any atom is -0.496 e. The van der Waals surface area contributed by atoms with Crippen molar-refractivity contribution < 1.29 is 9.47 Å². The average Bonchev–Trinajstić information content (AvgIpc) is 2.40. The molecule has 0 spiro atoms. The third-order valence-electron chi connectivity index (χ3n) is 4.92. The van der Waals surface area contributed by atoms with E-state index >= 15 is 0 Å². The molecule has 3 rings (SSSR count). The van der Waals surface area contributed by atoms with Gasteiger partial charge >= 0.3 is 0 Å². The van der Waals surface area contributed by atoms with E-state index in [1.807, 2.05) is 6.07 Å². The Morgan fingerprint density at radius 3 is 2.42 bits per heavy atom. The van der Waals surface area contributed by atoms with Crippen molar-refractivity contribution >= 4 is 0 Å². The van der Waals surface area contributed by atoms with E-state index in [1.165, 1.54) is 18.4 Å². The molecule has 1 aromatic rings. The van der Waals surface area contributed by atoms with Gasteiger partial charge < -0.3 is 15.2 Å². The first-order chi connectivity index (χ1) is 9.26. The molecule has 1 saturated carbocycles. The Morgan fingerprint density at radius 2 is 1.84 bits per heavy atom. The van der Waals surface area contributed by atoms with E-state index in [0.29, 0.717) is 12.0 Å². The number of hydrogen-bond acceptors (Lipinski definition) is 3. The highest BCUT2D eigenvalue weighted by atomic mass is 16.5. The van der Waals surface area contributed by atoms with E-state index in [2.05, 4.69) is 18.2 Å². The van der Waals surface area contributed by atoms with E-state index in [-0.39, 0.29) is 5.41 Å². The summed E-state index contributed by atoms with van der Waals surface area (Å²) < 4.78 is 11.1. The Morgan fingerprint density at radius 1 is 1.16 bits per heavy atom. The third kappa shape index (κ3) is 2.15. The summed E-state index contributed by atoms with van der Waals surface area (Å²) in [5.41, 5.74) is 7.52. The van der Waals surface area contributed by atoms with Gasteiger partial charge in [-0.05, 0) is 37.7 Å². The van der Waals surface area contributed by atoms with E-state index in [1.54, 1.807) is 7.11 Å². The van der Waals surface area contributed by atoms with Crippen molar-refractivity contribution in [1.82, 2.24) is 0 Å². The molecule has 1 saturated heterocycles. The van der Waals surface area contributed by atoms with Crippen LogP contribution in [0, 0.1) is 5.92 Å². The van der Waals surface area contributed by atoms with Crippen molar-refractivity contribution in [2.75, 3.05) is 20.3 Å². The summed E-state index contributed by atoms with van der Waals surface area (Å²) in [5.74, 6) is 1.68. The molecular formula is C16H23NO2. The van der Waals surface area contributed by atoms with Crippen molar-refractivity contribution in [2.45, 2.75) is 37.1 Å². The van der Waals surface area contributed by atoms with Gasteiger partial charge in [-0.2, -0.15) is 0 Å². The summed E-state index contributed by atoms with van der Waals surface area (Å²) in [5, 5.41) is 0. The molecule has 1 aliphatic carbocycles. The Kier molecular flexibility index (Phi) is 3.50. The monoisotopic (exact) mass is 261 g/mol. The second-order valence-electron chi connectivity index (χ2n) is 5.96. The van der Waals surface area contributed by atoms with E-state index < -0.39 is 0 Å². The van der Waals surface area contributed by atoms with Crippen LogP contribution in [0.2, 0.25) is 0 Å². The Bertz CT molecular complexity index is 434. The van der Waals surface area contributed by atoms with E-state index in [0.717, 1.165) is 31.8 Å². The van der Waals surface area contributed by atoms with Crippen molar-refractivity contribution in [3.05, 3.63) is 29.8 Å². The van der Waals surface area contributed by atoms with Gasteiger partial charge in [-0.3, -0.25) is 0 Å². The SMILES string of the molecule is COc1ccccc1C1(C2CCC(N)CC2)COC1. The Labute approximate surface area is 115 Å². The molecule has 1 aliphatic heterocycles. The highest BCUT2D eigenvalue weighted by Crippen LogP contribution is 2.48. The normalized spacial score (nSPS) is 29.6. The molecular weight excluding hydrogens is 238 g/mol. The van der Waals surface area contributed by atoms with Crippen molar-refractivity contribution in [3.63, 3.8) is 0 Å². The van der Waals surface area contributed by atoms with Crippen LogP contribution in [0.5, 0.6) is 5.75 Å². The van der Waals surface area contributed by atoms with E-state index in [9.17, 15) is 0 Å². The van der Waals surface area contributed by atoms with Crippen LogP contribution in [-0.2, 0) is 10.2 Å². The summed E-state index contributed by atoms with van der Waals surface area (Å²) in [4.78, 5) is 0. The maximum Gasteiger partial charge on any atom is 0.122 e. The van der Waals surface area contributed by atoms with Crippen LogP contribution in [0.3, 0.4) is 0 Å². The van der Waals surface area contributed by atoms with Crippen molar-refractivity contribution in [3.8, 4) is 5.75 Å². The third-order valence-corrected chi connectivity index (χ3v) is 4.92. The van der Waals surface area contributed by atoms with Crippen LogP contribution in [0.25, 0.3) is 0 Å². The molecule has 19 heavy (non-hydrogen) atoms. The summed E-state index contributed by atoms with van der Waals surface area (Å²) in [6, 6.07) is 8.80. The standard InChI is InChI=1S/C16H23NO2/c1-18-15-5-3-2-4-14(15)16(10-19-11-16)12-6-8-13(17)9-7-12/h2-5,12-13H,6-11,17H2,1H3. The first-order valence-electron chi connectivity index (χ1n) is 7.23. The number of methoxy groups -OCH3 is 1. The molecule has 0 atom stereocenters. The molecule has 2 fully saturated rings. The average molecular weight is 261 g/mol. The molecule has 3 nitrogen and oxygen atoms in total. The largest absolute Gasteiger partial charge is 0.496 e. The van der Waals surface area contributed by atoms with Crippen LogP contribution in [0.4, 0.5) is 0 Å². The number of hydrogen-bond donors (Lipinski definition) is 1. The lowest BCUT2D eigenvalue weighted by Crippen LogP contribution is -2.54. The fraction of sp³-hybridized carbons (Fsp3) is 0.625. The predicted molar refractivity (Wildman–Crippen MR) is 75.4 cm³/mol. The zero-order valence-corrected chi connectivity index (χ0v) is 11.6. The highest BCUT2D eigenvalue weighted by molar-refractivity contribution is 5.42. The summed E-state index contributed by atoms with van der Waals surface area (Å²) in [6.07, 6.45) is 4.70. The number of para-hydroxylation sites is 1. The maximum atomic E-state index is 6.04. The molecule has 2 aliphatic rings. The van der Waals surface area contributed by atoms with Gasteiger partial charge in [0, 0.05) is 17.0 Å². The lowest BCUT2D eigenvalue weighted by Gasteiger charge is -2.50. The van der Waals surface area contributed by atoms with Gasteiger partial charge in [0.15, 0.2) is 0 Å². The second-order valence-corrected chi connectivity index (χ2v) is 5.96. The molecule has 1 heterocycles. The van der Waals surface area contributed by atoms with Gasteiger partial charge in [0.05, 0.1) is 20.3 Å². The molecule has 0 radical (unpaired) electrons. The van der Waals surface area contributed by atoms with Crippen LogP contribution in [0.1, 0.15) is 31.2 Å². The minimum atomic E-state index is 0.159. The fourth-order valence-electron chi connectivity index (χ4n) is 3.66. The topological polar surface area (TPSA) is 44.5 Å². The molecule has 2 N–H and O–H groups in total. The highest BCUT2D eigenvalue weighted by Gasteiger charge is 2.48. The minimum absolute atomic E-state index is 0.159. The van der Waals surface area contributed by atoms with Crippen LogP contribution >= 0.6 is 0 Å². The first-order valence-corrected chi connectivity index (χ1v) is 7.23. The van der Waals surface area contributed by atoms with Crippen LogP contribution in [-0.4, -0.2) is 26.4 Å². The number of nitrogens with two attached hydrogens (primary N) is 1. The number of ether oxygens (including phenoxy) is 2. The van der Waals surface area contributed by atoms with Gasteiger partial charge in [0.25, 0.3) is 0 Å². The smallest absolute Gasteiger partial charge is 0.122 e. The molecule has 0 bridgehead atoms. The molecule has 104 valence electrons. The summed E-state index contributed by atoms with van der Waals surface area (Å²) in [6.45, 7) is 1.65. The fourth-order valence-corrected chi connectivity index (χ4v) is 3.66. The predicted octanol–water partition coefficient (Wildman–Crippen LogP) is 2.48. The zero-order chi connectivity index (χ0) is 13.3. The lowest BCUT2D eigenvalue weighted by atomic mass is 9.63. The van der Waals surface area contributed by atoms with Gasteiger partial charge in [-0.25, -0.2) is 0 Å². The Hall–Kier alpha value is -1.06. The number of rotatable bonds is 3. The second kappa shape index (κ2) is 5.14. The van der Waals surface area contributed by atoms with Crippen molar-refractivity contribution in [2.24, 2.45) is 11.7 Å². The Balaban J connectivity index is 1.90. The quantitative estimate of drug-likeness (QED) is 0.909. The molecule has 0 amide bonds. The van der Waals surface area contributed by atoms with E-state index in [4.69, 9.17) is 15.2 Å². The van der Waals surface area contributed by atoms with Crippen molar-refractivity contribution in [1.29, 1.82) is 0 Å². The summed E-state index contributed by atoms with van der Waals surface area (Å²) >= 11 is 0. The lowest BCUT2D eigenvalue weighted by molar-refractivity contribution is -0.0992. The zero-order valence-electron chi connectivity index (χ0n) is 11.6. The number of benzene rings is 1. The molecule has 3 heteroatoms. The first kappa shape index (κ1) is 12.9.